The SMILES string of the molecule is C[N+]1(CC(=O)O)C(=O)Cc2ccccc21. The van der Waals surface area contributed by atoms with E-state index in [0.717, 1.165) is 11.3 Å². The van der Waals surface area contributed by atoms with Crippen LogP contribution in [0.1, 0.15) is 5.56 Å². The van der Waals surface area contributed by atoms with Crippen LogP contribution >= 0.6 is 0 Å². The highest BCUT2D eigenvalue weighted by Gasteiger charge is 2.44. The van der Waals surface area contributed by atoms with Crippen molar-refractivity contribution in [3.63, 3.8) is 0 Å². The van der Waals surface area contributed by atoms with E-state index in [-0.39, 0.29) is 16.9 Å². The third kappa shape index (κ3) is 1.43. The fraction of sp³-hybridized carbons (Fsp3) is 0.273. The number of carbonyl (C=O) groups excluding carboxylic acids is 1. The summed E-state index contributed by atoms with van der Waals surface area (Å²) in [5, 5.41) is 8.81. The summed E-state index contributed by atoms with van der Waals surface area (Å²) in [7, 11) is 1.66. The Morgan fingerprint density at radius 3 is 2.80 bits per heavy atom. The van der Waals surface area contributed by atoms with E-state index in [2.05, 4.69) is 0 Å². The van der Waals surface area contributed by atoms with Crippen molar-refractivity contribution in [1.29, 1.82) is 0 Å². The van der Waals surface area contributed by atoms with Crippen molar-refractivity contribution in [3.8, 4) is 0 Å². The number of nitrogens with zero attached hydrogens (tertiary/aromatic N) is 1. The number of benzene rings is 1. The molecule has 78 valence electrons. The van der Waals surface area contributed by atoms with E-state index >= 15 is 0 Å². The first-order valence-corrected chi connectivity index (χ1v) is 4.73. The fourth-order valence-electron chi connectivity index (χ4n) is 2.06. The number of fused-ring (bicyclic) bond motifs is 1. The summed E-state index contributed by atoms with van der Waals surface area (Å²) in [6.07, 6.45) is 0.333. The van der Waals surface area contributed by atoms with Gasteiger partial charge in [0, 0.05) is 5.56 Å². The molecule has 4 nitrogen and oxygen atoms in total. The van der Waals surface area contributed by atoms with Gasteiger partial charge in [0.1, 0.15) is 5.69 Å². The highest BCUT2D eigenvalue weighted by Crippen LogP contribution is 2.33. The molecule has 1 heterocycles. The molecule has 1 atom stereocenters. The molecule has 1 aliphatic rings. The molecule has 0 spiro atoms. The van der Waals surface area contributed by atoms with Gasteiger partial charge in [-0.2, -0.15) is 0 Å². The van der Waals surface area contributed by atoms with Crippen LogP contribution in [-0.4, -0.2) is 30.6 Å². The van der Waals surface area contributed by atoms with Gasteiger partial charge in [-0.05, 0) is 6.07 Å². The largest absolute Gasteiger partial charge is 0.477 e. The molecule has 0 radical (unpaired) electrons. The quantitative estimate of drug-likeness (QED) is 0.728. The predicted octanol–water partition coefficient (Wildman–Crippen LogP) is 0.791. The Labute approximate surface area is 87.3 Å². The molecule has 1 amide bonds. The lowest BCUT2D eigenvalue weighted by molar-refractivity contribution is -0.142. The zero-order valence-corrected chi connectivity index (χ0v) is 8.43. The van der Waals surface area contributed by atoms with E-state index in [0.29, 0.717) is 6.42 Å². The molecule has 1 N–H and O–H groups in total. The Morgan fingerprint density at radius 1 is 1.47 bits per heavy atom. The average Bonchev–Trinajstić information content (AvgIpc) is 2.39. The second kappa shape index (κ2) is 3.17. The first-order chi connectivity index (χ1) is 7.04. The molecule has 0 fully saturated rings. The molecule has 1 aromatic rings. The maximum absolute atomic E-state index is 11.8. The van der Waals surface area contributed by atoms with Crippen LogP contribution in [0.15, 0.2) is 24.3 Å². The number of likely N-dealkylation sites (N-methyl/N-ethyl adjacent to an activating group) is 1. The van der Waals surface area contributed by atoms with Crippen LogP contribution in [0.5, 0.6) is 0 Å². The zero-order valence-electron chi connectivity index (χ0n) is 8.43. The van der Waals surface area contributed by atoms with E-state index in [1.807, 2.05) is 24.3 Å². The van der Waals surface area contributed by atoms with Crippen LogP contribution in [0, 0.1) is 0 Å². The number of carboxylic acids is 1. The van der Waals surface area contributed by atoms with Crippen molar-refractivity contribution in [2.45, 2.75) is 6.42 Å². The monoisotopic (exact) mass is 206 g/mol. The molecule has 4 heteroatoms. The van der Waals surface area contributed by atoms with Gasteiger partial charge in [0.2, 0.25) is 0 Å². The molecular weight excluding hydrogens is 194 g/mol. The molecule has 1 aromatic carbocycles. The zero-order chi connectivity index (χ0) is 11.1. The maximum atomic E-state index is 11.8. The molecule has 0 aromatic heterocycles. The Balaban J connectivity index is 2.49. The molecule has 0 saturated carbocycles. The van der Waals surface area contributed by atoms with E-state index < -0.39 is 5.97 Å². The van der Waals surface area contributed by atoms with Gasteiger partial charge in [0.05, 0.1) is 13.5 Å². The van der Waals surface area contributed by atoms with Crippen LogP contribution in [0.3, 0.4) is 0 Å². The van der Waals surface area contributed by atoms with Crippen molar-refractivity contribution in [2.24, 2.45) is 0 Å². The minimum Gasteiger partial charge on any atom is -0.477 e. The average molecular weight is 206 g/mol. The van der Waals surface area contributed by atoms with Crippen LogP contribution in [-0.2, 0) is 16.0 Å². The number of hydrogen-bond donors (Lipinski definition) is 1. The van der Waals surface area contributed by atoms with Crippen molar-refractivity contribution in [2.75, 3.05) is 13.6 Å². The molecule has 0 bridgehead atoms. The lowest BCUT2D eigenvalue weighted by Crippen LogP contribution is -2.51. The van der Waals surface area contributed by atoms with E-state index in [4.69, 9.17) is 5.11 Å². The smallest absolute Gasteiger partial charge is 0.360 e. The van der Waals surface area contributed by atoms with Crippen LogP contribution in [0.4, 0.5) is 5.69 Å². The molecule has 1 unspecified atom stereocenters. The summed E-state index contributed by atoms with van der Waals surface area (Å²) in [6, 6.07) is 7.39. The Hall–Kier alpha value is -1.68. The molecule has 0 saturated heterocycles. The predicted molar refractivity (Wildman–Crippen MR) is 55.4 cm³/mol. The summed E-state index contributed by atoms with van der Waals surface area (Å²) in [5.74, 6) is -1.01. The first kappa shape index (κ1) is 9.86. The number of rotatable bonds is 2. The number of aliphatic carboxylic acids is 1. The summed E-state index contributed by atoms with van der Waals surface area (Å²) in [6.45, 7) is -0.185. The summed E-state index contributed by atoms with van der Waals surface area (Å²) < 4.78 is -0.120. The molecular formula is C11H12NO3+. The summed E-state index contributed by atoms with van der Waals surface area (Å²) in [5.41, 5.74) is 1.75. The van der Waals surface area contributed by atoms with Gasteiger partial charge in [-0.15, -0.1) is 0 Å². The van der Waals surface area contributed by atoms with Crippen LogP contribution < -0.4 is 4.48 Å². The normalized spacial score (nSPS) is 23.9. The standard InChI is InChI=1S/C11H11NO3/c1-12(7-11(14)15)9-5-3-2-4-8(9)6-10(12)13/h2-5H,6-7H2,1H3/p+1. The van der Waals surface area contributed by atoms with Crippen molar-refractivity contribution < 1.29 is 14.7 Å². The number of carbonyl (C=O) groups is 2. The number of hydrogen-bond acceptors (Lipinski definition) is 2. The molecule has 2 rings (SSSR count). The highest BCUT2D eigenvalue weighted by molar-refractivity contribution is 5.99. The van der Waals surface area contributed by atoms with Gasteiger partial charge in [-0.3, -0.25) is 0 Å². The number of para-hydroxylation sites is 1. The lowest BCUT2D eigenvalue weighted by atomic mass is 10.2. The Kier molecular flexibility index (Phi) is 2.08. The fourth-order valence-corrected chi connectivity index (χ4v) is 2.06. The van der Waals surface area contributed by atoms with Crippen LogP contribution in [0.25, 0.3) is 0 Å². The Bertz CT molecular complexity index is 441. The van der Waals surface area contributed by atoms with Crippen molar-refractivity contribution in [1.82, 2.24) is 4.48 Å². The highest BCUT2D eigenvalue weighted by atomic mass is 16.4. The van der Waals surface area contributed by atoms with Gasteiger partial charge < -0.3 is 5.11 Å². The second-order valence-electron chi connectivity index (χ2n) is 3.94. The summed E-state index contributed by atoms with van der Waals surface area (Å²) in [4.78, 5) is 22.5. The minimum atomic E-state index is -0.956. The van der Waals surface area contributed by atoms with E-state index in [1.54, 1.807) is 7.05 Å². The first-order valence-electron chi connectivity index (χ1n) is 4.73. The van der Waals surface area contributed by atoms with Gasteiger partial charge >= 0.3 is 11.9 Å². The van der Waals surface area contributed by atoms with Crippen LogP contribution in [0.2, 0.25) is 0 Å². The van der Waals surface area contributed by atoms with Gasteiger partial charge in [-0.1, -0.05) is 18.2 Å². The summed E-state index contributed by atoms with van der Waals surface area (Å²) >= 11 is 0. The second-order valence-corrected chi connectivity index (χ2v) is 3.94. The third-order valence-corrected chi connectivity index (χ3v) is 2.87. The van der Waals surface area contributed by atoms with Crippen molar-refractivity contribution in [3.05, 3.63) is 29.8 Å². The Morgan fingerprint density at radius 2 is 2.13 bits per heavy atom. The topological polar surface area (TPSA) is 54.4 Å². The number of amides is 1. The van der Waals surface area contributed by atoms with Gasteiger partial charge in [-0.25, -0.2) is 14.1 Å². The van der Waals surface area contributed by atoms with Crippen molar-refractivity contribution >= 4 is 17.6 Å². The van der Waals surface area contributed by atoms with E-state index in [9.17, 15) is 9.59 Å². The molecule has 15 heavy (non-hydrogen) atoms. The van der Waals surface area contributed by atoms with E-state index in [1.165, 1.54) is 0 Å². The van der Waals surface area contributed by atoms with Gasteiger partial charge in [0.25, 0.3) is 0 Å². The number of carboxylic acid groups (broad SMARTS) is 1. The molecule has 1 aliphatic heterocycles. The lowest BCUT2D eigenvalue weighted by Gasteiger charge is -2.24. The number of quaternary nitrogens is 1. The van der Waals surface area contributed by atoms with Gasteiger partial charge in [0.15, 0.2) is 6.54 Å². The minimum absolute atomic E-state index is 0.0569. The molecule has 0 aliphatic carbocycles. The maximum Gasteiger partial charge on any atom is 0.360 e. The third-order valence-electron chi connectivity index (χ3n) is 2.87.